The molecule has 6 nitrogen and oxygen atoms in total. The van der Waals surface area contributed by atoms with Crippen LogP contribution in [0.1, 0.15) is 27.7 Å². The van der Waals surface area contributed by atoms with Gasteiger partial charge in [-0.3, -0.25) is 0 Å². The summed E-state index contributed by atoms with van der Waals surface area (Å²) in [5, 5.41) is 0. The van der Waals surface area contributed by atoms with Gasteiger partial charge in [0, 0.05) is 7.11 Å². The van der Waals surface area contributed by atoms with E-state index in [1.165, 1.54) is 0 Å². The standard InChI is InChI=1S/C13H22O6/c1-12(2)15-6-7(17-12)8-9-10(11(14-5)16-8)19-13(3,4)18-9/h7-11H,6H2,1-5H3/t7-,8-,9+,10+,11+/m1/s1. The van der Waals surface area contributed by atoms with Gasteiger partial charge in [-0.15, -0.1) is 0 Å². The Balaban J connectivity index is 1.76. The second kappa shape index (κ2) is 4.38. The van der Waals surface area contributed by atoms with Crippen LogP contribution in [0.5, 0.6) is 0 Å². The van der Waals surface area contributed by atoms with Crippen LogP contribution in [0.3, 0.4) is 0 Å². The third kappa shape index (κ3) is 2.41. The lowest BCUT2D eigenvalue weighted by molar-refractivity contribution is -0.241. The Morgan fingerprint density at radius 1 is 0.895 bits per heavy atom. The fourth-order valence-electron chi connectivity index (χ4n) is 2.96. The highest BCUT2D eigenvalue weighted by atomic mass is 16.8. The quantitative estimate of drug-likeness (QED) is 0.749. The Bertz CT molecular complexity index is 355. The van der Waals surface area contributed by atoms with Gasteiger partial charge >= 0.3 is 0 Å². The van der Waals surface area contributed by atoms with E-state index in [4.69, 9.17) is 28.4 Å². The van der Waals surface area contributed by atoms with Crippen molar-refractivity contribution in [2.45, 2.75) is 70.0 Å². The van der Waals surface area contributed by atoms with Gasteiger partial charge in [0.25, 0.3) is 0 Å². The van der Waals surface area contributed by atoms with Crippen molar-refractivity contribution in [1.82, 2.24) is 0 Å². The molecule has 0 aromatic rings. The van der Waals surface area contributed by atoms with E-state index >= 15 is 0 Å². The number of methoxy groups -OCH3 is 1. The van der Waals surface area contributed by atoms with Gasteiger partial charge in [0.15, 0.2) is 17.9 Å². The Hall–Kier alpha value is -0.240. The normalized spacial score (nSPS) is 47.5. The molecule has 3 aliphatic heterocycles. The number of hydrogen-bond donors (Lipinski definition) is 0. The van der Waals surface area contributed by atoms with Crippen molar-refractivity contribution >= 4 is 0 Å². The topological polar surface area (TPSA) is 55.4 Å². The first-order valence-electron chi connectivity index (χ1n) is 6.67. The summed E-state index contributed by atoms with van der Waals surface area (Å²) in [5.74, 6) is -1.20. The lowest BCUT2D eigenvalue weighted by Crippen LogP contribution is -2.40. The zero-order valence-electron chi connectivity index (χ0n) is 12.0. The third-order valence-electron chi connectivity index (χ3n) is 3.68. The van der Waals surface area contributed by atoms with Gasteiger partial charge in [0.1, 0.15) is 24.4 Å². The molecule has 3 fully saturated rings. The molecule has 5 atom stereocenters. The van der Waals surface area contributed by atoms with Crippen molar-refractivity contribution in [1.29, 1.82) is 0 Å². The average Bonchev–Trinajstić information content (AvgIpc) is 2.89. The average molecular weight is 274 g/mol. The van der Waals surface area contributed by atoms with Gasteiger partial charge in [-0.2, -0.15) is 0 Å². The van der Waals surface area contributed by atoms with E-state index in [1.54, 1.807) is 7.11 Å². The van der Waals surface area contributed by atoms with Crippen molar-refractivity contribution < 1.29 is 28.4 Å². The summed E-state index contributed by atoms with van der Waals surface area (Å²) in [6, 6.07) is 0. The molecule has 0 N–H and O–H groups in total. The monoisotopic (exact) mass is 274 g/mol. The highest BCUT2D eigenvalue weighted by molar-refractivity contribution is 4.99. The van der Waals surface area contributed by atoms with E-state index in [-0.39, 0.29) is 24.4 Å². The molecule has 3 rings (SSSR count). The molecule has 0 radical (unpaired) electrons. The highest BCUT2D eigenvalue weighted by Gasteiger charge is 2.59. The molecule has 0 saturated carbocycles. The Labute approximate surface area is 113 Å². The fourth-order valence-corrected chi connectivity index (χ4v) is 2.96. The first-order chi connectivity index (χ1) is 8.81. The molecule has 0 aromatic carbocycles. The fraction of sp³-hybridized carbons (Fsp3) is 1.00. The molecule has 0 aromatic heterocycles. The van der Waals surface area contributed by atoms with Gasteiger partial charge in [0.05, 0.1) is 6.61 Å². The zero-order valence-corrected chi connectivity index (χ0v) is 12.0. The second-order valence-corrected chi connectivity index (χ2v) is 6.14. The molecular weight excluding hydrogens is 252 g/mol. The maximum absolute atomic E-state index is 5.94. The maximum atomic E-state index is 5.94. The summed E-state index contributed by atoms with van der Waals surface area (Å²) in [4.78, 5) is 0. The Morgan fingerprint density at radius 2 is 1.58 bits per heavy atom. The predicted molar refractivity (Wildman–Crippen MR) is 64.4 cm³/mol. The largest absolute Gasteiger partial charge is 0.353 e. The van der Waals surface area contributed by atoms with Crippen LogP contribution in [-0.2, 0) is 28.4 Å². The van der Waals surface area contributed by atoms with Crippen LogP contribution in [0.4, 0.5) is 0 Å². The first-order valence-corrected chi connectivity index (χ1v) is 6.67. The molecule has 3 aliphatic rings. The van der Waals surface area contributed by atoms with E-state index in [1.807, 2.05) is 27.7 Å². The van der Waals surface area contributed by atoms with Crippen molar-refractivity contribution in [3.8, 4) is 0 Å². The molecule has 0 unspecified atom stereocenters. The number of ether oxygens (including phenoxy) is 6. The summed E-state index contributed by atoms with van der Waals surface area (Å²) in [6.07, 6.45) is -1.25. The van der Waals surface area contributed by atoms with E-state index in [9.17, 15) is 0 Å². The van der Waals surface area contributed by atoms with Crippen LogP contribution < -0.4 is 0 Å². The van der Waals surface area contributed by atoms with Crippen molar-refractivity contribution in [3.05, 3.63) is 0 Å². The maximum Gasteiger partial charge on any atom is 0.186 e. The smallest absolute Gasteiger partial charge is 0.186 e. The molecule has 0 amide bonds. The van der Waals surface area contributed by atoms with E-state index in [2.05, 4.69) is 0 Å². The van der Waals surface area contributed by atoms with Gasteiger partial charge in [-0.25, -0.2) is 0 Å². The minimum atomic E-state index is -0.622. The van der Waals surface area contributed by atoms with E-state index in [0.29, 0.717) is 6.61 Å². The molecular formula is C13H22O6. The molecule has 0 spiro atoms. The van der Waals surface area contributed by atoms with Crippen molar-refractivity contribution in [3.63, 3.8) is 0 Å². The lowest BCUT2D eigenvalue weighted by atomic mass is 10.1. The minimum Gasteiger partial charge on any atom is -0.353 e. The Morgan fingerprint density at radius 3 is 2.16 bits per heavy atom. The van der Waals surface area contributed by atoms with Crippen LogP contribution >= 0.6 is 0 Å². The van der Waals surface area contributed by atoms with Gasteiger partial charge in [0.2, 0.25) is 0 Å². The number of hydrogen-bond acceptors (Lipinski definition) is 6. The van der Waals surface area contributed by atoms with Crippen LogP contribution in [-0.4, -0.2) is 56.0 Å². The summed E-state index contributed by atoms with van der Waals surface area (Å²) in [6.45, 7) is 8.06. The SMILES string of the molecule is CO[C@H]1O[C@H]([C@H]2COC(C)(C)O2)[C@@H]2OC(C)(C)O[C@H]12. The zero-order chi connectivity index (χ0) is 13.8. The van der Waals surface area contributed by atoms with Crippen LogP contribution in [0, 0.1) is 0 Å². The number of fused-ring (bicyclic) bond motifs is 1. The third-order valence-corrected chi connectivity index (χ3v) is 3.68. The summed E-state index contributed by atoms with van der Waals surface area (Å²) < 4.78 is 34.5. The molecule has 6 heteroatoms. The second-order valence-electron chi connectivity index (χ2n) is 6.14. The molecule has 0 bridgehead atoms. The van der Waals surface area contributed by atoms with Gasteiger partial charge < -0.3 is 28.4 Å². The summed E-state index contributed by atoms with van der Waals surface area (Å²) >= 11 is 0. The van der Waals surface area contributed by atoms with Crippen LogP contribution in [0.2, 0.25) is 0 Å². The summed E-state index contributed by atoms with van der Waals surface area (Å²) in [5.41, 5.74) is 0. The van der Waals surface area contributed by atoms with E-state index < -0.39 is 17.9 Å². The van der Waals surface area contributed by atoms with Crippen molar-refractivity contribution in [2.24, 2.45) is 0 Å². The lowest BCUT2D eigenvalue weighted by Gasteiger charge is -2.26. The minimum absolute atomic E-state index is 0.167. The predicted octanol–water partition coefficient (Wildman–Crippen LogP) is 1.03. The van der Waals surface area contributed by atoms with E-state index in [0.717, 1.165) is 0 Å². The highest BCUT2D eigenvalue weighted by Crippen LogP contribution is 2.42. The molecule has 110 valence electrons. The first kappa shape index (κ1) is 13.7. The molecule has 19 heavy (non-hydrogen) atoms. The van der Waals surface area contributed by atoms with Crippen molar-refractivity contribution in [2.75, 3.05) is 13.7 Å². The van der Waals surface area contributed by atoms with Gasteiger partial charge in [-0.05, 0) is 27.7 Å². The Kier molecular flexibility index (Phi) is 3.16. The molecule has 0 aliphatic carbocycles. The van der Waals surface area contributed by atoms with Crippen LogP contribution in [0.25, 0.3) is 0 Å². The van der Waals surface area contributed by atoms with Gasteiger partial charge in [-0.1, -0.05) is 0 Å². The van der Waals surface area contributed by atoms with Crippen LogP contribution in [0.15, 0.2) is 0 Å². The molecule has 3 heterocycles. The number of rotatable bonds is 2. The molecule has 3 saturated heterocycles. The summed E-state index contributed by atoms with van der Waals surface area (Å²) in [7, 11) is 1.61.